The SMILES string of the molecule is CNC(=O)NC(=O)C(C)N1CCCC2(CCCNC2)C1. The maximum atomic E-state index is 12.1. The van der Waals surface area contributed by atoms with Gasteiger partial charge in [0, 0.05) is 20.1 Å². The zero-order chi connectivity index (χ0) is 14.6. The van der Waals surface area contributed by atoms with E-state index in [1.54, 1.807) is 0 Å². The Balaban J connectivity index is 1.94. The Labute approximate surface area is 120 Å². The van der Waals surface area contributed by atoms with Crippen molar-refractivity contribution in [2.45, 2.75) is 38.6 Å². The summed E-state index contributed by atoms with van der Waals surface area (Å²) < 4.78 is 0. The van der Waals surface area contributed by atoms with Crippen molar-refractivity contribution in [3.63, 3.8) is 0 Å². The fourth-order valence-electron chi connectivity index (χ4n) is 3.40. The highest BCUT2D eigenvalue weighted by atomic mass is 16.2. The summed E-state index contributed by atoms with van der Waals surface area (Å²) in [5.74, 6) is -0.217. The first-order valence-electron chi connectivity index (χ1n) is 7.54. The topological polar surface area (TPSA) is 73.5 Å². The predicted octanol–water partition coefficient (Wildman–Crippen LogP) is 0.296. The molecular weight excluding hydrogens is 256 g/mol. The molecule has 2 saturated heterocycles. The van der Waals surface area contributed by atoms with Crippen LogP contribution in [0.3, 0.4) is 0 Å². The molecule has 6 nitrogen and oxygen atoms in total. The lowest BCUT2D eigenvalue weighted by molar-refractivity contribution is -0.126. The van der Waals surface area contributed by atoms with Gasteiger partial charge in [0.25, 0.3) is 0 Å². The molecule has 2 atom stereocenters. The van der Waals surface area contributed by atoms with E-state index in [1.807, 2.05) is 6.92 Å². The maximum absolute atomic E-state index is 12.1. The Hall–Kier alpha value is -1.14. The van der Waals surface area contributed by atoms with Gasteiger partial charge in [-0.25, -0.2) is 4.79 Å². The van der Waals surface area contributed by atoms with E-state index in [1.165, 1.54) is 26.3 Å². The van der Waals surface area contributed by atoms with Crippen LogP contribution in [0.1, 0.15) is 32.6 Å². The van der Waals surface area contributed by atoms with E-state index in [9.17, 15) is 9.59 Å². The Morgan fingerprint density at radius 1 is 1.30 bits per heavy atom. The first-order valence-corrected chi connectivity index (χ1v) is 7.54. The number of hydrogen-bond donors (Lipinski definition) is 3. The van der Waals surface area contributed by atoms with E-state index >= 15 is 0 Å². The Morgan fingerprint density at radius 2 is 2.05 bits per heavy atom. The summed E-state index contributed by atoms with van der Waals surface area (Å²) in [6.45, 7) is 5.92. The molecule has 3 N–H and O–H groups in total. The number of hydrogen-bond acceptors (Lipinski definition) is 4. The van der Waals surface area contributed by atoms with Gasteiger partial charge in [-0.2, -0.15) is 0 Å². The molecule has 2 heterocycles. The molecule has 3 amide bonds. The zero-order valence-electron chi connectivity index (χ0n) is 12.5. The van der Waals surface area contributed by atoms with Crippen molar-refractivity contribution in [1.82, 2.24) is 20.9 Å². The van der Waals surface area contributed by atoms with E-state index in [0.29, 0.717) is 5.41 Å². The van der Waals surface area contributed by atoms with Gasteiger partial charge in [-0.3, -0.25) is 15.0 Å². The summed E-state index contributed by atoms with van der Waals surface area (Å²) in [6, 6.07) is -0.695. The van der Waals surface area contributed by atoms with Crippen LogP contribution in [0.4, 0.5) is 4.79 Å². The number of rotatable bonds is 2. The van der Waals surface area contributed by atoms with Crippen LogP contribution in [-0.2, 0) is 4.79 Å². The van der Waals surface area contributed by atoms with Crippen LogP contribution in [0.5, 0.6) is 0 Å². The lowest BCUT2D eigenvalue weighted by Crippen LogP contribution is -2.56. The molecule has 0 bridgehead atoms. The smallest absolute Gasteiger partial charge is 0.321 e. The molecule has 114 valence electrons. The largest absolute Gasteiger partial charge is 0.341 e. The molecule has 2 aliphatic heterocycles. The van der Waals surface area contributed by atoms with Crippen LogP contribution in [0.2, 0.25) is 0 Å². The fourth-order valence-corrected chi connectivity index (χ4v) is 3.40. The minimum atomic E-state index is -0.437. The third kappa shape index (κ3) is 3.49. The van der Waals surface area contributed by atoms with Crippen LogP contribution in [-0.4, -0.2) is 56.1 Å². The van der Waals surface area contributed by atoms with Gasteiger partial charge in [-0.05, 0) is 51.1 Å². The van der Waals surface area contributed by atoms with Crippen LogP contribution < -0.4 is 16.0 Å². The first-order chi connectivity index (χ1) is 9.56. The van der Waals surface area contributed by atoms with Crippen LogP contribution in [0.25, 0.3) is 0 Å². The molecule has 1 spiro atoms. The number of carbonyl (C=O) groups excluding carboxylic acids is 2. The fraction of sp³-hybridized carbons (Fsp3) is 0.857. The van der Waals surface area contributed by atoms with E-state index in [-0.39, 0.29) is 11.9 Å². The van der Waals surface area contributed by atoms with Crippen molar-refractivity contribution in [3.05, 3.63) is 0 Å². The third-order valence-corrected chi connectivity index (χ3v) is 4.64. The molecule has 2 aliphatic rings. The molecule has 6 heteroatoms. The molecule has 0 aromatic carbocycles. The van der Waals surface area contributed by atoms with E-state index in [2.05, 4.69) is 20.9 Å². The van der Waals surface area contributed by atoms with Crippen molar-refractivity contribution in [2.24, 2.45) is 5.41 Å². The number of nitrogens with zero attached hydrogens (tertiary/aromatic N) is 1. The molecule has 2 fully saturated rings. The zero-order valence-corrected chi connectivity index (χ0v) is 12.5. The molecule has 2 unspecified atom stereocenters. The summed E-state index contributed by atoms with van der Waals surface area (Å²) in [4.78, 5) is 25.5. The van der Waals surface area contributed by atoms with Crippen LogP contribution in [0, 0.1) is 5.41 Å². The van der Waals surface area contributed by atoms with Gasteiger partial charge in [-0.15, -0.1) is 0 Å². The maximum Gasteiger partial charge on any atom is 0.321 e. The molecule has 2 rings (SSSR count). The summed E-state index contributed by atoms with van der Waals surface area (Å²) in [5, 5.41) is 8.27. The summed E-state index contributed by atoms with van der Waals surface area (Å²) in [7, 11) is 1.51. The van der Waals surface area contributed by atoms with Gasteiger partial charge in [0.05, 0.1) is 6.04 Å². The number of nitrogens with one attached hydrogen (secondary N) is 3. The standard InChI is InChI=1S/C14H26N4O2/c1-11(12(19)17-13(20)15-2)18-8-4-6-14(10-18)5-3-7-16-9-14/h11,16H,3-10H2,1-2H3,(H2,15,17,19,20). The third-order valence-electron chi connectivity index (χ3n) is 4.64. The summed E-state index contributed by atoms with van der Waals surface area (Å²) >= 11 is 0. The van der Waals surface area contributed by atoms with E-state index in [0.717, 1.165) is 32.6 Å². The normalized spacial score (nSPS) is 28.9. The second-order valence-corrected chi connectivity index (χ2v) is 6.10. The molecule has 0 aromatic heterocycles. The van der Waals surface area contributed by atoms with Crippen molar-refractivity contribution in [2.75, 3.05) is 33.2 Å². The molecule has 20 heavy (non-hydrogen) atoms. The molecule has 0 aromatic rings. The molecule has 0 radical (unpaired) electrons. The average molecular weight is 282 g/mol. The number of piperidine rings is 2. The monoisotopic (exact) mass is 282 g/mol. The quantitative estimate of drug-likeness (QED) is 0.681. The second kappa shape index (κ2) is 6.54. The second-order valence-electron chi connectivity index (χ2n) is 6.10. The van der Waals surface area contributed by atoms with Crippen molar-refractivity contribution < 1.29 is 9.59 Å². The minimum Gasteiger partial charge on any atom is -0.341 e. The van der Waals surface area contributed by atoms with Crippen LogP contribution >= 0.6 is 0 Å². The number of imide groups is 1. The summed E-state index contributed by atoms with van der Waals surface area (Å²) in [6.07, 6.45) is 4.81. The highest BCUT2D eigenvalue weighted by molar-refractivity contribution is 5.96. The number of amides is 3. The highest BCUT2D eigenvalue weighted by Crippen LogP contribution is 2.36. The van der Waals surface area contributed by atoms with Gasteiger partial charge < -0.3 is 10.6 Å². The number of urea groups is 1. The van der Waals surface area contributed by atoms with Crippen LogP contribution in [0.15, 0.2) is 0 Å². The van der Waals surface area contributed by atoms with E-state index in [4.69, 9.17) is 0 Å². The highest BCUT2D eigenvalue weighted by Gasteiger charge is 2.39. The Kier molecular flexibility index (Phi) is 4.99. The van der Waals surface area contributed by atoms with Gasteiger partial charge in [0.1, 0.15) is 0 Å². The van der Waals surface area contributed by atoms with Crippen molar-refractivity contribution in [1.29, 1.82) is 0 Å². The lowest BCUT2D eigenvalue weighted by Gasteiger charge is -2.46. The number of carbonyl (C=O) groups is 2. The Morgan fingerprint density at radius 3 is 2.70 bits per heavy atom. The summed E-state index contributed by atoms with van der Waals surface area (Å²) in [5.41, 5.74) is 0.318. The first kappa shape index (κ1) is 15.3. The van der Waals surface area contributed by atoms with Gasteiger partial charge >= 0.3 is 6.03 Å². The number of likely N-dealkylation sites (tertiary alicyclic amines) is 1. The minimum absolute atomic E-state index is 0.217. The predicted molar refractivity (Wildman–Crippen MR) is 77.4 cm³/mol. The van der Waals surface area contributed by atoms with Crippen molar-refractivity contribution >= 4 is 11.9 Å². The molecular formula is C14H26N4O2. The van der Waals surface area contributed by atoms with Gasteiger partial charge in [0.15, 0.2) is 0 Å². The van der Waals surface area contributed by atoms with Gasteiger partial charge in [0.2, 0.25) is 5.91 Å². The van der Waals surface area contributed by atoms with Gasteiger partial charge in [-0.1, -0.05) is 0 Å². The average Bonchev–Trinajstić information content (AvgIpc) is 2.47. The van der Waals surface area contributed by atoms with E-state index < -0.39 is 6.03 Å². The molecule has 0 saturated carbocycles. The van der Waals surface area contributed by atoms with Crippen molar-refractivity contribution in [3.8, 4) is 0 Å². The molecule has 0 aliphatic carbocycles. The Bertz CT molecular complexity index is 361. The lowest BCUT2D eigenvalue weighted by atomic mass is 9.74.